The van der Waals surface area contributed by atoms with Crippen LogP contribution >= 0.6 is 0 Å². The van der Waals surface area contributed by atoms with Crippen molar-refractivity contribution in [1.82, 2.24) is 9.97 Å². The highest BCUT2D eigenvalue weighted by Gasteiger charge is 2.00. The Balaban J connectivity index is 0.000000770. The fraction of sp³-hybridized carbons (Fsp3) is 0.364. The molecule has 0 saturated carbocycles. The summed E-state index contributed by atoms with van der Waals surface area (Å²) in [5.74, 6) is 0. The summed E-state index contributed by atoms with van der Waals surface area (Å²) in [6, 6.07) is 0.273. The predicted octanol–water partition coefficient (Wildman–Crippen LogP) is 0.931. The molecule has 0 aromatic carbocycles. The Hall–Kier alpha value is -1.95. The van der Waals surface area contributed by atoms with Gasteiger partial charge in [0.25, 0.3) is 0 Å². The summed E-state index contributed by atoms with van der Waals surface area (Å²) in [5, 5.41) is 8.63. The van der Waals surface area contributed by atoms with Gasteiger partial charge in [-0.2, -0.15) is 0 Å². The number of aldehydes is 1. The summed E-state index contributed by atoms with van der Waals surface area (Å²) >= 11 is 0. The van der Waals surface area contributed by atoms with Crippen molar-refractivity contribution in [2.75, 3.05) is 21.3 Å². The van der Waals surface area contributed by atoms with E-state index in [2.05, 4.69) is 14.7 Å². The number of hydrogen-bond acceptors (Lipinski definition) is 6. The number of nitrogens with zero attached hydrogens (tertiary/aromatic N) is 2. The van der Waals surface area contributed by atoms with Crippen molar-refractivity contribution in [3.05, 3.63) is 29.8 Å². The third kappa shape index (κ3) is 6.26. The molecule has 0 amide bonds. The topological polar surface area (TPSA) is 81.5 Å². The van der Waals surface area contributed by atoms with Gasteiger partial charge < -0.3 is 14.6 Å². The van der Waals surface area contributed by atoms with Crippen molar-refractivity contribution in [1.29, 1.82) is 0 Å². The van der Waals surface area contributed by atoms with Crippen LogP contribution in [-0.2, 0) is 16.0 Å². The largest absolute Gasteiger partial charge is 0.515 e. The summed E-state index contributed by atoms with van der Waals surface area (Å²) in [7, 11) is 4.72. The first kappa shape index (κ1) is 15.0. The van der Waals surface area contributed by atoms with Crippen LogP contribution in [0.3, 0.4) is 0 Å². The maximum atomic E-state index is 10.4. The van der Waals surface area contributed by atoms with Gasteiger partial charge in [0, 0.05) is 38.6 Å². The molecule has 1 heterocycles. The quantitative estimate of drug-likeness (QED) is 0.479. The first-order valence-electron chi connectivity index (χ1n) is 4.75. The van der Waals surface area contributed by atoms with Crippen molar-refractivity contribution in [2.45, 2.75) is 6.42 Å². The van der Waals surface area contributed by atoms with E-state index in [-0.39, 0.29) is 11.6 Å². The number of allylic oxidation sites excluding steroid dienone is 1. The van der Waals surface area contributed by atoms with Crippen LogP contribution in [0.2, 0.25) is 0 Å². The van der Waals surface area contributed by atoms with Crippen LogP contribution in [0.4, 0.5) is 0 Å². The van der Waals surface area contributed by atoms with Gasteiger partial charge in [-0.05, 0) is 5.56 Å². The smallest absolute Gasteiger partial charge is 0.316 e. The molecule has 0 fully saturated rings. The minimum absolute atomic E-state index is 0.273. The monoisotopic (exact) mass is 240 g/mol. The van der Waals surface area contributed by atoms with E-state index in [0.29, 0.717) is 12.7 Å². The zero-order valence-electron chi connectivity index (χ0n) is 10.1. The molecule has 0 spiro atoms. The molecule has 1 aromatic heterocycles. The van der Waals surface area contributed by atoms with E-state index >= 15 is 0 Å². The number of aromatic nitrogens is 2. The SMILES string of the molecule is COC.COc1ncc(C/C(C=O)=C\O)cn1. The van der Waals surface area contributed by atoms with Crippen LogP contribution in [0, 0.1) is 0 Å². The highest BCUT2D eigenvalue weighted by molar-refractivity contribution is 5.73. The van der Waals surface area contributed by atoms with Gasteiger partial charge in [0.15, 0.2) is 0 Å². The maximum Gasteiger partial charge on any atom is 0.316 e. The van der Waals surface area contributed by atoms with Crippen molar-refractivity contribution >= 4 is 6.29 Å². The number of carbonyl (C=O) groups is 1. The normalized spacial score (nSPS) is 10.2. The second-order valence-electron chi connectivity index (χ2n) is 2.98. The lowest BCUT2D eigenvalue weighted by atomic mass is 10.1. The summed E-state index contributed by atoms with van der Waals surface area (Å²) in [6.07, 6.45) is 4.75. The second-order valence-corrected chi connectivity index (χ2v) is 2.98. The number of hydrogen-bond donors (Lipinski definition) is 1. The van der Waals surface area contributed by atoms with Crippen molar-refractivity contribution in [3.8, 4) is 6.01 Å². The molecule has 0 aliphatic heterocycles. The molecule has 6 nitrogen and oxygen atoms in total. The first-order chi connectivity index (χ1) is 8.21. The summed E-state index contributed by atoms with van der Waals surface area (Å²) < 4.78 is 9.02. The molecule has 1 N–H and O–H groups in total. The lowest BCUT2D eigenvalue weighted by Crippen LogP contribution is -1.96. The number of rotatable bonds is 4. The van der Waals surface area contributed by atoms with Crippen LogP contribution in [0.5, 0.6) is 6.01 Å². The van der Waals surface area contributed by atoms with Gasteiger partial charge in [-0.25, -0.2) is 9.97 Å². The van der Waals surface area contributed by atoms with E-state index in [4.69, 9.17) is 9.84 Å². The average Bonchev–Trinajstić information content (AvgIpc) is 2.37. The minimum atomic E-state index is 0.273. The van der Waals surface area contributed by atoms with E-state index in [0.717, 1.165) is 11.8 Å². The third-order valence-electron chi connectivity index (χ3n) is 1.59. The number of aliphatic hydroxyl groups is 1. The number of carbonyl (C=O) groups excluding carboxylic acids is 1. The Morgan fingerprint density at radius 1 is 1.35 bits per heavy atom. The highest BCUT2D eigenvalue weighted by Crippen LogP contribution is 2.06. The lowest BCUT2D eigenvalue weighted by Gasteiger charge is -2.00. The average molecular weight is 240 g/mol. The zero-order chi connectivity index (χ0) is 13.1. The zero-order valence-corrected chi connectivity index (χ0v) is 10.1. The Morgan fingerprint density at radius 3 is 2.24 bits per heavy atom. The predicted molar refractivity (Wildman–Crippen MR) is 62.0 cm³/mol. The van der Waals surface area contributed by atoms with Crippen LogP contribution in [0.1, 0.15) is 5.56 Å². The Bertz CT molecular complexity index is 349. The summed E-state index contributed by atoms with van der Waals surface area (Å²) in [6.45, 7) is 0. The van der Waals surface area contributed by atoms with E-state index in [1.165, 1.54) is 7.11 Å². The van der Waals surface area contributed by atoms with E-state index in [1.54, 1.807) is 26.6 Å². The van der Waals surface area contributed by atoms with E-state index in [1.807, 2.05) is 0 Å². The second kappa shape index (κ2) is 9.29. The molecule has 0 unspecified atom stereocenters. The van der Waals surface area contributed by atoms with Gasteiger partial charge in [-0.3, -0.25) is 4.79 Å². The maximum absolute atomic E-state index is 10.4. The number of methoxy groups -OCH3 is 2. The Labute approximate surface area is 99.9 Å². The van der Waals surface area contributed by atoms with Crippen LogP contribution in [0.25, 0.3) is 0 Å². The molecule has 0 aliphatic rings. The van der Waals surface area contributed by atoms with E-state index in [9.17, 15) is 4.79 Å². The van der Waals surface area contributed by atoms with Crippen LogP contribution < -0.4 is 4.74 Å². The fourth-order valence-corrected chi connectivity index (χ4v) is 0.893. The molecular weight excluding hydrogens is 224 g/mol. The van der Waals surface area contributed by atoms with Crippen molar-refractivity contribution in [3.63, 3.8) is 0 Å². The molecule has 0 saturated heterocycles. The summed E-state index contributed by atoms with van der Waals surface area (Å²) in [4.78, 5) is 18.1. The number of ether oxygens (including phenoxy) is 2. The fourth-order valence-electron chi connectivity index (χ4n) is 0.893. The van der Waals surface area contributed by atoms with Gasteiger partial charge in [-0.15, -0.1) is 0 Å². The summed E-state index contributed by atoms with van der Waals surface area (Å²) in [5.41, 5.74) is 1.01. The van der Waals surface area contributed by atoms with Gasteiger partial charge in [0.05, 0.1) is 13.4 Å². The number of aliphatic hydroxyl groups excluding tert-OH is 1. The lowest BCUT2D eigenvalue weighted by molar-refractivity contribution is -0.105. The van der Waals surface area contributed by atoms with Gasteiger partial charge >= 0.3 is 6.01 Å². The van der Waals surface area contributed by atoms with Crippen LogP contribution in [-0.4, -0.2) is 42.7 Å². The molecule has 1 aromatic rings. The van der Waals surface area contributed by atoms with Gasteiger partial charge in [-0.1, -0.05) is 0 Å². The molecule has 6 heteroatoms. The van der Waals surface area contributed by atoms with Crippen molar-refractivity contribution < 1.29 is 19.4 Å². The molecule has 0 bridgehead atoms. The molecule has 1 rings (SSSR count). The Kier molecular flexibility index (Phi) is 8.22. The Morgan fingerprint density at radius 2 is 1.88 bits per heavy atom. The molecule has 0 atom stereocenters. The molecule has 0 radical (unpaired) electrons. The standard InChI is InChI=1S/C9H10N2O3.C2H6O/c1-14-9-10-3-7(4-11-9)2-8(5-12)6-13;1-3-2/h3-6,12H,2H2,1H3;1-2H3/b8-5+;. The molecular formula is C11H16N2O4. The molecule has 94 valence electrons. The highest BCUT2D eigenvalue weighted by atomic mass is 16.5. The van der Waals surface area contributed by atoms with Gasteiger partial charge in [0.2, 0.25) is 0 Å². The van der Waals surface area contributed by atoms with Crippen LogP contribution in [0.15, 0.2) is 24.2 Å². The minimum Gasteiger partial charge on any atom is -0.515 e. The van der Waals surface area contributed by atoms with Crippen molar-refractivity contribution in [2.24, 2.45) is 0 Å². The first-order valence-corrected chi connectivity index (χ1v) is 4.75. The molecule has 0 aliphatic carbocycles. The van der Waals surface area contributed by atoms with E-state index < -0.39 is 0 Å². The third-order valence-corrected chi connectivity index (χ3v) is 1.59. The van der Waals surface area contributed by atoms with Gasteiger partial charge in [0.1, 0.15) is 6.29 Å². The molecule has 17 heavy (non-hydrogen) atoms.